The fourth-order valence-corrected chi connectivity index (χ4v) is 1.17. The monoisotopic (exact) mass is 153 g/mol. The van der Waals surface area contributed by atoms with Crippen LogP contribution < -0.4 is 5.73 Å². The molecule has 2 heterocycles. The first kappa shape index (κ1) is 6.67. The van der Waals surface area contributed by atoms with Crippen molar-refractivity contribution in [1.82, 2.24) is 9.78 Å². The number of nitrogen functional groups attached to an aromatic ring is 1. The Bertz CT molecular complexity index is 265. The molecule has 0 aromatic carbocycles. The summed E-state index contributed by atoms with van der Waals surface area (Å²) in [6, 6.07) is 0.410. The van der Waals surface area contributed by atoms with Gasteiger partial charge in [0.15, 0.2) is 0 Å². The molecule has 11 heavy (non-hydrogen) atoms. The Hall–Kier alpha value is -1.03. The molecule has 0 atom stereocenters. The van der Waals surface area contributed by atoms with Crippen molar-refractivity contribution in [3.8, 4) is 0 Å². The molecule has 1 aliphatic heterocycles. The normalized spacial score (nSPS) is 18.3. The second-order valence-corrected chi connectivity index (χ2v) is 2.82. The molecule has 1 saturated heterocycles. The van der Waals surface area contributed by atoms with Crippen molar-refractivity contribution >= 4 is 5.69 Å². The molecule has 0 spiro atoms. The van der Waals surface area contributed by atoms with Gasteiger partial charge in [0.05, 0.1) is 36.8 Å². The van der Waals surface area contributed by atoms with E-state index in [1.165, 1.54) is 0 Å². The fourth-order valence-electron chi connectivity index (χ4n) is 1.17. The van der Waals surface area contributed by atoms with E-state index in [4.69, 9.17) is 10.5 Å². The van der Waals surface area contributed by atoms with Crippen LogP contribution in [0.3, 0.4) is 0 Å². The van der Waals surface area contributed by atoms with Crippen molar-refractivity contribution in [2.75, 3.05) is 18.9 Å². The molecule has 0 radical (unpaired) electrons. The standard InChI is InChI=1S/C7H11N3O/c1-5-7(8)2-9-10(5)6-3-11-4-6/h2,6H,3-4,8H2,1H3. The Labute approximate surface area is 64.9 Å². The molecule has 0 saturated carbocycles. The molecule has 0 aliphatic carbocycles. The van der Waals surface area contributed by atoms with Crippen LogP contribution in [0.15, 0.2) is 6.20 Å². The summed E-state index contributed by atoms with van der Waals surface area (Å²) in [4.78, 5) is 0. The van der Waals surface area contributed by atoms with Crippen LogP contribution in [-0.2, 0) is 4.74 Å². The minimum atomic E-state index is 0.410. The highest BCUT2D eigenvalue weighted by Gasteiger charge is 2.22. The summed E-state index contributed by atoms with van der Waals surface area (Å²) in [5.41, 5.74) is 7.43. The summed E-state index contributed by atoms with van der Waals surface area (Å²) < 4.78 is 6.98. The molecular weight excluding hydrogens is 142 g/mol. The molecule has 2 N–H and O–H groups in total. The van der Waals surface area contributed by atoms with E-state index >= 15 is 0 Å². The predicted octanol–water partition coefficient (Wildman–Crippen LogP) is 0.345. The van der Waals surface area contributed by atoms with E-state index in [-0.39, 0.29) is 0 Å². The van der Waals surface area contributed by atoms with Gasteiger partial charge in [-0.15, -0.1) is 0 Å². The lowest BCUT2D eigenvalue weighted by molar-refractivity contribution is -0.0294. The van der Waals surface area contributed by atoms with Gasteiger partial charge in [-0.25, -0.2) is 0 Å². The zero-order valence-electron chi connectivity index (χ0n) is 6.45. The van der Waals surface area contributed by atoms with Crippen LogP contribution >= 0.6 is 0 Å². The first-order valence-electron chi connectivity index (χ1n) is 3.66. The summed E-state index contributed by atoms with van der Waals surface area (Å²) in [7, 11) is 0. The van der Waals surface area contributed by atoms with E-state index in [1.54, 1.807) is 6.20 Å². The van der Waals surface area contributed by atoms with Crippen LogP contribution in [0.5, 0.6) is 0 Å². The topological polar surface area (TPSA) is 53.1 Å². The van der Waals surface area contributed by atoms with Crippen LogP contribution in [0.4, 0.5) is 5.69 Å². The maximum atomic E-state index is 5.63. The third-order valence-electron chi connectivity index (χ3n) is 2.05. The van der Waals surface area contributed by atoms with Gasteiger partial charge in [-0.2, -0.15) is 5.10 Å². The van der Waals surface area contributed by atoms with Crippen molar-refractivity contribution in [2.45, 2.75) is 13.0 Å². The van der Waals surface area contributed by atoms with Crippen LogP contribution in [0.25, 0.3) is 0 Å². The molecule has 1 aromatic heterocycles. The van der Waals surface area contributed by atoms with Crippen LogP contribution in [0, 0.1) is 6.92 Å². The lowest BCUT2D eigenvalue weighted by atomic mass is 10.2. The minimum Gasteiger partial charge on any atom is -0.396 e. The van der Waals surface area contributed by atoms with Gasteiger partial charge in [0.1, 0.15) is 0 Å². The molecule has 1 aliphatic rings. The van der Waals surface area contributed by atoms with Crippen LogP contribution in [0.1, 0.15) is 11.7 Å². The molecule has 4 heteroatoms. The van der Waals surface area contributed by atoms with E-state index in [0.717, 1.165) is 24.6 Å². The highest BCUT2D eigenvalue weighted by atomic mass is 16.5. The second kappa shape index (κ2) is 2.23. The van der Waals surface area contributed by atoms with Gasteiger partial charge >= 0.3 is 0 Å². The van der Waals surface area contributed by atoms with Gasteiger partial charge in [0.25, 0.3) is 0 Å². The van der Waals surface area contributed by atoms with Gasteiger partial charge in [-0.05, 0) is 6.92 Å². The summed E-state index contributed by atoms with van der Waals surface area (Å²) in [6.07, 6.45) is 1.69. The number of nitrogens with two attached hydrogens (primary N) is 1. The third kappa shape index (κ3) is 0.903. The Morgan fingerprint density at radius 2 is 2.45 bits per heavy atom. The smallest absolute Gasteiger partial charge is 0.0989 e. The zero-order chi connectivity index (χ0) is 7.84. The van der Waals surface area contributed by atoms with E-state index in [1.807, 2.05) is 11.6 Å². The highest BCUT2D eigenvalue weighted by Crippen LogP contribution is 2.20. The molecule has 0 amide bonds. The lowest BCUT2D eigenvalue weighted by Crippen LogP contribution is -2.32. The maximum Gasteiger partial charge on any atom is 0.0989 e. The molecular formula is C7H11N3O. The van der Waals surface area contributed by atoms with Crippen molar-refractivity contribution in [3.63, 3.8) is 0 Å². The van der Waals surface area contributed by atoms with Crippen molar-refractivity contribution in [2.24, 2.45) is 0 Å². The number of rotatable bonds is 1. The molecule has 60 valence electrons. The first-order chi connectivity index (χ1) is 5.29. The van der Waals surface area contributed by atoms with E-state index < -0.39 is 0 Å². The number of hydrogen-bond acceptors (Lipinski definition) is 3. The summed E-state index contributed by atoms with van der Waals surface area (Å²) in [5.74, 6) is 0. The number of aromatic nitrogens is 2. The van der Waals surface area contributed by atoms with Crippen LogP contribution in [0.2, 0.25) is 0 Å². The number of anilines is 1. The average molecular weight is 153 g/mol. The minimum absolute atomic E-state index is 0.410. The number of ether oxygens (including phenoxy) is 1. The van der Waals surface area contributed by atoms with Gasteiger partial charge in [-0.3, -0.25) is 4.68 Å². The SMILES string of the molecule is Cc1c(N)cnn1C1COC1. The molecule has 0 unspecified atom stereocenters. The van der Waals surface area contributed by atoms with Crippen molar-refractivity contribution in [3.05, 3.63) is 11.9 Å². The van der Waals surface area contributed by atoms with Gasteiger partial charge < -0.3 is 10.5 Å². The molecule has 4 nitrogen and oxygen atoms in total. The second-order valence-electron chi connectivity index (χ2n) is 2.82. The molecule has 1 fully saturated rings. The predicted molar refractivity (Wildman–Crippen MR) is 41.2 cm³/mol. The maximum absolute atomic E-state index is 5.63. The largest absolute Gasteiger partial charge is 0.396 e. The Balaban J connectivity index is 2.29. The quantitative estimate of drug-likeness (QED) is 0.633. The Morgan fingerprint density at radius 1 is 1.73 bits per heavy atom. The fraction of sp³-hybridized carbons (Fsp3) is 0.571. The van der Waals surface area contributed by atoms with E-state index in [0.29, 0.717) is 6.04 Å². The highest BCUT2D eigenvalue weighted by molar-refractivity contribution is 5.39. The van der Waals surface area contributed by atoms with E-state index in [9.17, 15) is 0 Å². The van der Waals surface area contributed by atoms with Crippen LogP contribution in [-0.4, -0.2) is 23.0 Å². The van der Waals surface area contributed by atoms with Crippen molar-refractivity contribution in [1.29, 1.82) is 0 Å². The summed E-state index contributed by atoms with van der Waals surface area (Å²) in [5, 5.41) is 4.15. The summed E-state index contributed by atoms with van der Waals surface area (Å²) >= 11 is 0. The number of nitrogens with zero attached hydrogens (tertiary/aromatic N) is 2. The average Bonchev–Trinajstić information content (AvgIpc) is 2.15. The van der Waals surface area contributed by atoms with Gasteiger partial charge in [-0.1, -0.05) is 0 Å². The molecule has 2 rings (SSSR count). The van der Waals surface area contributed by atoms with Gasteiger partial charge in [0.2, 0.25) is 0 Å². The van der Waals surface area contributed by atoms with Crippen molar-refractivity contribution < 1.29 is 4.74 Å². The molecule has 0 bridgehead atoms. The number of hydrogen-bond donors (Lipinski definition) is 1. The molecule has 1 aromatic rings. The Kier molecular flexibility index (Phi) is 1.35. The lowest BCUT2D eigenvalue weighted by Gasteiger charge is -2.27. The van der Waals surface area contributed by atoms with Gasteiger partial charge in [0, 0.05) is 0 Å². The van der Waals surface area contributed by atoms with E-state index in [2.05, 4.69) is 5.10 Å². The zero-order valence-corrected chi connectivity index (χ0v) is 6.45. The third-order valence-corrected chi connectivity index (χ3v) is 2.05. The summed E-state index contributed by atoms with van der Waals surface area (Å²) in [6.45, 7) is 3.50. The first-order valence-corrected chi connectivity index (χ1v) is 3.66. The Morgan fingerprint density at radius 3 is 2.82 bits per heavy atom.